The van der Waals surface area contributed by atoms with Crippen LogP contribution in [0.4, 0.5) is 14.9 Å². The first-order chi connectivity index (χ1) is 13.1. The average Bonchev–Trinajstić information content (AvgIpc) is 2.67. The molecule has 1 aromatic rings. The fraction of sp³-hybridized carbons (Fsp3) is 0.619. The fourth-order valence-corrected chi connectivity index (χ4v) is 4.14. The summed E-state index contributed by atoms with van der Waals surface area (Å²) in [5, 5.41) is 5.92. The third-order valence-corrected chi connectivity index (χ3v) is 5.63. The van der Waals surface area contributed by atoms with E-state index in [-0.39, 0.29) is 17.8 Å². The molecule has 1 aliphatic heterocycles. The number of carbonyl (C=O) groups is 2. The highest BCUT2D eigenvalue weighted by atomic mass is 19.1. The van der Waals surface area contributed by atoms with E-state index < -0.39 is 0 Å². The minimum Gasteiger partial charge on any atom is -0.353 e. The van der Waals surface area contributed by atoms with E-state index in [0.29, 0.717) is 37.2 Å². The molecule has 27 heavy (non-hydrogen) atoms. The highest BCUT2D eigenvalue weighted by Gasteiger charge is 2.24. The number of halogens is 1. The van der Waals surface area contributed by atoms with Crippen molar-refractivity contribution >= 4 is 17.6 Å². The SMILES string of the molecule is O=C(CC[C@H]1CCCN(C(=O)Nc2cccc(F)c2)C1)NC1CCCCC1. The van der Waals surface area contributed by atoms with Gasteiger partial charge in [-0.1, -0.05) is 25.3 Å². The second-order valence-electron chi connectivity index (χ2n) is 7.84. The summed E-state index contributed by atoms with van der Waals surface area (Å²) in [6, 6.07) is 6.08. The lowest BCUT2D eigenvalue weighted by Crippen LogP contribution is -2.42. The highest BCUT2D eigenvalue weighted by Crippen LogP contribution is 2.23. The first kappa shape index (κ1) is 19.6. The molecule has 6 heteroatoms. The van der Waals surface area contributed by atoms with Gasteiger partial charge in [0.2, 0.25) is 5.91 Å². The minimum atomic E-state index is -0.367. The van der Waals surface area contributed by atoms with Gasteiger partial charge in [0.1, 0.15) is 5.82 Å². The minimum absolute atomic E-state index is 0.142. The molecular weight excluding hydrogens is 345 g/mol. The van der Waals surface area contributed by atoms with E-state index in [1.165, 1.54) is 31.4 Å². The van der Waals surface area contributed by atoms with E-state index in [1.54, 1.807) is 17.0 Å². The van der Waals surface area contributed by atoms with E-state index in [4.69, 9.17) is 0 Å². The summed E-state index contributed by atoms with van der Waals surface area (Å²) in [4.78, 5) is 26.4. The Hall–Kier alpha value is -2.11. The molecule has 2 N–H and O–H groups in total. The van der Waals surface area contributed by atoms with Crippen molar-refractivity contribution in [2.24, 2.45) is 5.92 Å². The van der Waals surface area contributed by atoms with Crippen molar-refractivity contribution < 1.29 is 14.0 Å². The molecule has 5 nitrogen and oxygen atoms in total. The maximum atomic E-state index is 13.3. The monoisotopic (exact) mass is 375 g/mol. The summed E-state index contributed by atoms with van der Waals surface area (Å²) in [5.41, 5.74) is 0.467. The standard InChI is InChI=1S/C21H30FN3O2/c22-17-7-4-10-19(14-17)24-21(27)25-13-5-6-16(15-25)11-12-20(26)23-18-8-2-1-3-9-18/h4,7,10,14,16,18H,1-3,5-6,8-9,11-13,15H2,(H,23,26)(H,24,27)/t16-/m1/s1. The van der Waals surface area contributed by atoms with Crippen LogP contribution < -0.4 is 10.6 Å². The van der Waals surface area contributed by atoms with Crippen LogP contribution in [0.25, 0.3) is 0 Å². The van der Waals surface area contributed by atoms with Crippen LogP contribution in [0.3, 0.4) is 0 Å². The van der Waals surface area contributed by atoms with Crippen LogP contribution in [0, 0.1) is 11.7 Å². The van der Waals surface area contributed by atoms with Gasteiger partial charge in [-0.2, -0.15) is 0 Å². The first-order valence-electron chi connectivity index (χ1n) is 10.2. The Morgan fingerprint density at radius 1 is 1.11 bits per heavy atom. The molecule has 2 fully saturated rings. The molecule has 1 saturated carbocycles. The van der Waals surface area contributed by atoms with Gasteiger partial charge >= 0.3 is 6.03 Å². The molecule has 148 valence electrons. The van der Waals surface area contributed by atoms with E-state index in [2.05, 4.69) is 10.6 Å². The number of benzene rings is 1. The van der Waals surface area contributed by atoms with Crippen molar-refractivity contribution in [2.45, 2.75) is 63.8 Å². The summed E-state index contributed by atoms with van der Waals surface area (Å²) < 4.78 is 13.3. The molecule has 1 heterocycles. The predicted molar refractivity (Wildman–Crippen MR) is 104 cm³/mol. The van der Waals surface area contributed by atoms with Gasteiger partial charge in [0.15, 0.2) is 0 Å². The van der Waals surface area contributed by atoms with Crippen LogP contribution in [0.5, 0.6) is 0 Å². The van der Waals surface area contributed by atoms with Crippen LogP contribution in [-0.2, 0) is 4.79 Å². The molecule has 0 radical (unpaired) electrons. The van der Waals surface area contributed by atoms with Gasteiger partial charge in [0, 0.05) is 31.2 Å². The van der Waals surface area contributed by atoms with Crippen LogP contribution in [0.2, 0.25) is 0 Å². The van der Waals surface area contributed by atoms with Crippen molar-refractivity contribution in [3.8, 4) is 0 Å². The van der Waals surface area contributed by atoms with Crippen molar-refractivity contribution in [1.82, 2.24) is 10.2 Å². The lowest BCUT2D eigenvalue weighted by Gasteiger charge is -2.33. The predicted octanol–water partition coefficient (Wildman–Crippen LogP) is 4.30. The molecular formula is C21H30FN3O2. The van der Waals surface area contributed by atoms with Crippen LogP contribution in [-0.4, -0.2) is 36.0 Å². The summed E-state index contributed by atoms with van der Waals surface area (Å²) in [5.74, 6) is 0.116. The fourth-order valence-electron chi connectivity index (χ4n) is 4.14. The molecule has 0 spiro atoms. The summed E-state index contributed by atoms with van der Waals surface area (Å²) in [6.45, 7) is 1.35. The van der Waals surface area contributed by atoms with Gasteiger partial charge in [0.25, 0.3) is 0 Å². The Morgan fingerprint density at radius 2 is 1.93 bits per heavy atom. The van der Waals surface area contributed by atoms with Crippen LogP contribution in [0.1, 0.15) is 57.8 Å². The zero-order valence-corrected chi connectivity index (χ0v) is 15.9. The van der Waals surface area contributed by atoms with Gasteiger partial charge in [-0.3, -0.25) is 4.79 Å². The highest BCUT2D eigenvalue weighted by molar-refractivity contribution is 5.89. The number of likely N-dealkylation sites (tertiary alicyclic amines) is 1. The zero-order valence-electron chi connectivity index (χ0n) is 15.9. The number of amides is 3. The lowest BCUT2D eigenvalue weighted by molar-refractivity contribution is -0.122. The number of piperidine rings is 1. The normalized spacial score (nSPS) is 20.9. The number of carbonyl (C=O) groups excluding carboxylic acids is 2. The smallest absolute Gasteiger partial charge is 0.321 e. The summed E-state index contributed by atoms with van der Waals surface area (Å²) >= 11 is 0. The molecule has 1 atom stereocenters. The second-order valence-corrected chi connectivity index (χ2v) is 7.84. The second kappa shape index (κ2) is 9.72. The maximum absolute atomic E-state index is 13.3. The molecule has 0 aromatic heterocycles. The summed E-state index contributed by atoms with van der Waals surface area (Å²) in [7, 11) is 0. The van der Waals surface area contributed by atoms with Gasteiger partial charge < -0.3 is 15.5 Å². The number of hydrogen-bond donors (Lipinski definition) is 2. The molecule has 2 aliphatic rings. The quantitative estimate of drug-likeness (QED) is 0.806. The molecule has 1 aliphatic carbocycles. The van der Waals surface area contributed by atoms with Crippen molar-refractivity contribution in [3.05, 3.63) is 30.1 Å². The van der Waals surface area contributed by atoms with Crippen molar-refractivity contribution in [1.29, 1.82) is 0 Å². The molecule has 1 saturated heterocycles. The average molecular weight is 375 g/mol. The Kier molecular flexibility index (Phi) is 7.07. The van der Waals surface area contributed by atoms with Gasteiger partial charge in [-0.05, 0) is 56.2 Å². The molecule has 3 rings (SSSR count). The summed E-state index contributed by atoms with van der Waals surface area (Å²) in [6.07, 6.45) is 9.22. The van der Waals surface area contributed by atoms with Gasteiger partial charge in [0.05, 0.1) is 0 Å². The van der Waals surface area contributed by atoms with Crippen LogP contribution >= 0.6 is 0 Å². The third-order valence-electron chi connectivity index (χ3n) is 5.63. The third kappa shape index (κ3) is 6.22. The lowest BCUT2D eigenvalue weighted by atomic mass is 9.92. The largest absolute Gasteiger partial charge is 0.353 e. The molecule has 1 aromatic carbocycles. The van der Waals surface area contributed by atoms with Crippen molar-refractivity contribution in [2.75, 3.05) is 18.4 Å². The van der Waals surface area contributed by atoms with Gasteiger partial charge in [-0.25, -0.2) is 9.18 Å². The van der Waals surface area contributed by atoms with Crippen LogP contribution in [0.15, 0.2) is 24.3 Å². The van der Waals surface area contributed by atoms with E-state index in [1.807, 2.05) is 0 Å². The Bertz CT molecular complexity index is 646. The first-order valence-corrected chi connectivity index (χ1v) is 10.2. The topological polar surface area (TPSA) is 61.4 Å². The maximum Gasteiger partial charge on any atom is 0.321 e. The number of hydrogen-bond acceptors (Lipinski definition) is 2. The molecule has 3 amide bonds. The van der Waals surface area contributed by atoms with E-state index in [9.17, 15) is 14.0 Å². The Labute approximate surface area is 160 Å². The van der Waals surface area contributed by atoms with E-state index in [0.717, 1.165) is 32.1 Å². The number of urea groups is 1. The molecule has 0 unspecified atom stereocenters. The van der Waals surface area contributed by atoms with Crippen molar-refractivity contribution in [3.63, 3.8) is 0 Å². The zero-order chi connectivity index (χ0) is 19.1. The molecule has 0 bridgehead atoms. The Balaban J connectivity index is 1.41. The number of nitrogens with one attached hydrogen (secondary N) is 2. The Morgan fingerprint density at radius 3 is 2.70 bits per heavy atom. The number of nitrogens with zero attached hydrogens (tertiary/aromatic N) is 1. The van der Waals surface area contributed by atoms with E-state index >= 15 is 0 Å². The number of rotatable bonds is 5. The van der Waals surface area contributed by atoms with Gasteiger partial charge in [-0.15, -0.1) is 0 Å². The number of anilines is 1.